The smallest absolute Gasteiger partial charge is 0.0485 e. The topological polar surface area (TPSA) is 30.9 Å². The first kappa shape index (κ1) is 10.8. The van der Waals surface area contributed by atoms with E-state index in [9.17, 15) is 0 Å². The van der Waals surface area contributed by atoms with Gasteiger partial charge in [-0.3, -0.25) is 0 Å². The van der Waals surface area contributed by atoms with E-state index in [1.165, 1.54) is 28.6 Å². The minimum absolute atomic E-state index is 0.350. The van der Waals surface area contributed by atoms with E-state index in [1.54, 1.807) is 0 Å². The van der Waals surface area contributed by atoms with Crippen LogP contribution >= 0.6 is 0 Å². The van der Waals surface area contributed by atoms with Crippen LogP contribution in [0.15, 0.2) is 24.3 Å². The highest BCUT2D eigenvalue weighted by atomic mass is 15.0. The fraction of sp³-hybridized carbons (Fsp3) is 0.467. The Balaban J connectivity index is 2.24. The van der Waals surface area contributed by atoms with Gasteiger partial charge in [-0.15, -0.1) is 0 Å². The van der Waals surface area contributed by atoms with Crippen LogP contribution in [0.3, 0.4) is 0 Å². The summed E-state index contributed by atoms with van der Waals surface area (Å²) in [5, 5.41) is 1.42. The van der Waals surface area contributed by atoms with Gasteiger partial charge in [0.05, 0.1) is 0 Å². The number of nitrogens with two attached hydrogens (primary N) is 1. The molecule has 1 unspecified atom stereocenters. The molecule has 90 valence electrons. The number of hydrogen-bond acceptors (Lipinski definition) is 1. The number of para-hydroxylation sites is 1. The predicted octanol–water partition coefficient (Wildman–Crippen LogP) is 2.87. The molecule has 1 atom stereocenters. The number of benzene rings is 1. The number of hydrogen-bond donors (Lipinski definition) is 1. The summed E-state index contributed by atoms with van der Waals surface area (Å²) in [7, 11) is 0. The lowest BCUT2D eigenvalue weighted by molar-refractivity contribution is 0.545. The molecule has 0 saturated heterocycles. The minimum atomic E-state index is 0.350. The summed E-state index contributed by atoms with van der Waals surface area (Å²) < 4.78 is 2.51. The highest BCUT2D eigenvalue weighted by Gasteiger charge is 2.22. The van der Waals surface area contributed by atoms with Crippen molar-refractivity contribution in [2.45, 2.75) is 45.2 Å². The minimum Gasteiger partial charge on any atom is -0.344 e. The van der Waals surface area contributed by atoms with Gasteiger partial charge in [0, 0.05) is 29.2 Å². The monoisotopic (exact) mass is 228 g/mol. The normalized spacial score (nSPS) is 19.5. The van der Waals surface area contributed by atoms with Gasteiger partial charge in [0.25, 0.3) is 0 Å². The Labute approximate surface area is 102 Å². The standard InChI is InChI=1S/C15H20N2/c1-2-9-17-14-6-4-3-5-12(14)13-10-11(16)7-8-15(13)17/h3-6,11H,2,7-10,16H2,1H3. The molecule has 1 heterocycles. The first-order valence-electron chi connectivity index (χ1n) is 6.65. The highest BCUT2D eigenvalue weighted by molar-refractivity contribution is 5.86. The fourth-order valence-corrected chi connectivity index (χ4v) is 3.11. The number of aromatic nitrogens is 1. The first-order chi connectivity index (χ1) is 8.31. The molecule has 1 aromatic carbocycles. The van der Waals surface area contributed by atoms with E-state index in [0.717, 1.165) is 25.8 Å². The quantitative estimate of drug-likeness (QED) is 0.842. The van der Waals surface area contributed by atoms with E-state index in [1.807, 2.05) is 0 Å². The lowest BCUT2D eigenvalue weighted by atomic mass is 9.92. The third-order valence-electron chi connectivity index (χ3n) is 3.86. The molecule has 2 aromatic rings. The Bertz CT molecular complexity index is 506. The summed E-state index contributed by atoms with van der Waals surface area (Å²) in [5.74, 6) is 0. The molecule has 3 rings (SSSR count). The molecule has 1 aliphatic carbocycles. The Morgan fingerprint density at radius 2 is 2.18 bits per heavy atom. The zero-order chi connectivity index (χ0) is 11.8. The summed E-state index contributed by atoms with van der Waals surface area (Å²) in [4.78, 5) is 0. The predicted molar refractivity (Wildman–Crippen MR) is 72.2 cm³/mol. The lowest BCUT2D eigenvalue weighted by Crippen LogP contribution is -2.28. The molecule has 0 aliphatic heterocycles. The molecule has 2 heteroatoms. The maximum absolute atomic E-state index is 6.11. The first-order valence-corrected chi connectivity index (χ1v) is 6.65. The van der Waals surface area contributed by atoms with Crippen molar-refractivity contribution in [3.05, 3.63) is 35.5 Å². The molecule has 0 bridgehead atoms. The third-order valence-corrected chi connectivity index (χ3v) is 3.86. The second-order valence-corrected chi connectivity index (χ2v) is 5.10. The lowest BCUT2D eigenvalue weighted by Gasteiger charge is -2.20. The SMILES string of the molecule is CCCn1c2c(c3ccccc31)CC(N)CC2. The zero-order valence-corrected chi connectivity index (χ0v) is 10.4. The van der Waals surface area contributed by atoms with Crippen molar-refractivity contribution in [1.29, 1.82) is 0 Å². The van der Waals surface area contributed by atoms with Crippen molar-refractivity contribution in [1.82, 2.24) is 4.57 Å². The second-order valence-electron chi connectivity index (χ2n) is 5.10. The van der Waals surface area contributed by atoms with Gasteiger partial charge in [0.15, 0.2) is 0 Å². The van der Waals surface area contributed by atoms with Crippen LogP contribution in [-0.2, 0) is 19.4 Å². The van der Waals surface area contributed by atoms with Crippen LogP contribution < -0.4 is 5.73 Å². The molecular formula is C15H20N2. The van der Waals surface area contributed by atoms with E-state index in [0.29, 0.717) is 6.04 Å². The number of rotatable bonds is 2. The van der Waals surface area contributed by atoms with Gasteiger partial charge in [-0.25, -0.2) is 0 Å². The molecule has 0 radical (unpaired) electrons. The molecule has 2 N–H and O–H groups in total. The largest absolute Gasteiger partial charge is 0.344 e. The van der Waals surface area contributed by atoms with Crippen LogP contribution in [0, 0.1) is 0 Å². The van der Waals surface area contributed by atoms with Crippen molar-refractivity contribution in [2.24, 2.45) is 5.73 Å². The Kier molecular flexibility index (Phi) is 2.67. The zero-order valence-electron chi connectivity index (χ0n) is 10.4. The van der Waals surface area contributed by atoms with Crippen LogP contribution in [0.2, 0.25) is 0 Å². The molecule has 0 fully saturated rings. The maximum atomic E-state index is 6.11. The summed E-state index contributed by atoms with van der Waals surface area (Å²) in [6.45, 7) is 3.38. The second kappa shape index (κ2) is 4.19. The number of aryl methyl sites for hydroxylation is 1. The Morgan fingerprint density at radius 3 is 3.00 bits per heavy atom. The van der Waals surface area contributed by atoms with Crippen molar-refractivity contribution in [3.63, 3.8) is 0 Å². The number of fused-ring (bicyclic) bond motifs is 3. The van der Waals surface area contributed by atoms with Gasteiger partial charge in [-0.1, -0.05) is 25.1 Å². The molecule has 1 aromatic heterocycles. The van der Waals surface area contributed by atoms with Crippen LogP contribution in [0.1, 0.15) is 31.0 Å². The summed E-state index contributed by atoms with van der Waals surface area (Å²) in [6, 6.07) is 9.12. The van der Waals surface area contributed by atoms with E-state index >= 15 is 0 Å². The van der Waals surface area contributed by atoms with E-state index in [4.69, 9.17) is 5.73 Å². The third kappa shape index (κ3) is 1.67. The van der Waals surface area contributed by atoms with Crippen LogP contribution in [0.4, 0.5) is 0 Å². The van der Waals surface area contributed by atoms with Crippen molar-refractivity contribution in [3.8, 4) is 0 Å². The molecule has 0 spiro atoms. The molecule has 17 heavy (non-hydrogen) atoms. The van der Waals surface area contributed by atoms with Gasteiger partial charge in [-0.2, -0.15) is 0 Å². The van der Waals surface area contributed by atoms with Gasteiger partial charge in [-0.05, 0) is 37.3 Å². The fourth-order valence-electron chi connectivity index (χ4n) is 3.11. The molecule has 1 aliphatic rings. The summed E-state index contributed by atoms with van der Waals surface area (Å²) >= 11 is 0. The maximum Gasteiger partial charge on any atom is 0.0485 e. The Morgan fingerprint density at radius 1 is 1.35 bits per heavy atom. The van der Waals surface area contributed by atoms with Gasteiger partial charge >= 0.3 is 0 Å². The number of nitrogens with zero attached hydrogens (tertiary/aromatic N) is 1. The molecule has 2 nitrogen and oxygen atoms in total. The van der Waals surface area contributed by atoms with Crippen molar-refractivity contribution in [2.75, 3.05) is 0 Å². The van der Waals surface area contributed by atoms with Gasteiger partial charge < -0.3 is 10.3 Å². The van der Waals surface area contributed by atoms with E-state index < -0.39 is 0 Å². The van der Waals surface area contributed by atoms with Gasteiger partial charge in [0.1, 0.15) is 0 Å². The van der Waals surface area contributed by atoms with Gasteiger partial charge in [0.2, 0.25) is 0 Å². The summed E-state index contributed by atoms with van der Waals surface area (Å²) in [5.41, 5.74) is 10.6. The van der Waals surface area contributed by atoms with Crippen LogP contribution in [0.25, 0.3) is 10.9 Å². The van der Waals surface area contributed by atoms with Crippen LogP contribution in [-0.4, -0.2) is 10.6 Å². The Hall–Kier alpha value is -1.28. The van der Waals surface area contributed by atoms with Crippen molar-refractivity contribution >= 4 is 10.9 Å². The van der Waals surface area contributed by atoms with Crippen LogP contribution in [0.5, 0.6) is 0 Å². The average Bonchev–Trinajstić information content (AvgIpc) is 2.65. The van der Waals surface area contributed by atoms with E-state index in [2.05, 4.69) is 35.8 Å². The molecular weight excluding hydrogens is 208 g/mol. The average molecular weight is 228 g/mol. The highest BCUT2D eigenvalue weighted by Crippen LogP contribution is 2.31. The molecule has 0 amide bonds. The van der Waals surface area contributed by atoms with E-state index in [-0.39, 0.29) is 0 Å². The summed E-state index contributed by atoms with van der Waals surface area (Å²) in [6.07, 6.45) is 4.52. The molecule has 0 saturated carbocycles. The van der Waals surface area contributed by atoms with Crippen molar-refractivity contribution < 1.29 is 0 Å².